The van der Waals surface area contributed by atoms with E-state index in [2.05, 4.69) is 5.32 Å². The van der Waals surface area contributed by atoms with E-state index in [1.54, 1.807) is 12.3 Å². The maximum absolute atomic E-state index is 11.0. The van der Waals surface area contributed by atoms with Gasteiger partial charge in [-0.3, -0.25) is 9.00 Å². The molecule has 0 aliphatic heterocycles. The lowest BCUT2D eigenvalue weighted by atomic mass is 10.3. The van der Waals surface area contributed by atoms with Gasteiger partial charge in [0.2, 0.25) is 5.91 Å². The molecule has 0 bridgehead atoms. The van der Waals surface area contributed by atoms with Crippen LogP contribution in [0, 0.1) is 0 Å². The molecule has 1 unspecified atom stereocenters. The van der Waals surface area contributed by atoms with E-state index in [0.29, 0.717) is 12.3 Å². The predicted octanol–water partition coefficient (Wildman–Crippen LogP) is 0.837. The molecular formula is C9H17NO2S. The second kappa shape index (κ2) is 6.83. The van der Waals surface area contributed by atoms with Crippen LogP contribution in [0.15, 0.2) is 11.6 Å². The summed E-state index contributed by atoms with van der Waals surface area (Å²) in [4.78, 5) is 11.0. The van der Waals surface area contributed by atoms with Crippen LogP contribution in [0.2, 0.25) is 0 Å². The van der Waals surface area contributed by atoms with Crippen molar-refractivity contribution >= 4 is 16.7 Å². The molecule has 0 heterocycles. The molecule has 0 saturated heterocycles. The van der Waals surface area contributed by atoms with Gasteiger partial charge in [-0.2, -0.15) is 0 Å². The number of amides is 1. The predicted molar refractivity (Wildman–Crippen MR) is 56.0 cm³/mol. The minimum Gasteiger partial charge on any atom is -0.353 e. The third kappa shape index (κ3) is 9.27. The molecule has 0 spiro atoms. The number of hydrogen-bond acceptors (Lipinski definition) is 2. The molecule has 0 aromatic heterocycles. The number of carbonyl (C=O) groups excluding carboxylic acids is 1. The molecule has 1 amide bonds. The molecule has 1 atom stereocenters. The average Bonchev–Trinajstić information content (AvgIpc) is 1.96. The van der Waals surface area contributed by atoms with E-state index < -0.39 is 10.8 Å². The Hall–Kier alpha value is -0.640. The monoisotopic (exact) mass is 203 g/mol. The number of rotatable bonds is 5. The first-order valence-electron chi connectivity index (χ1n) is 4.25. The summed E-state index contributed by atoms with van der Waals surface area (Å²) in [6.07, 6.45) is 3.99. The van der Waals surface area contributed by atoms with Crippen LogP contribution in [0.25, 0.3) is 0 Å². The zero-order chi connectivity index (χ0) is 10.3. The van der Waals surface area contributed by atoms with E-state index in [1.165, 1.54) is 0 Å². The highest BCUT2D eigenvalue weighted by atomic mass is 32.2. The van der Waals surface area contributed by atoms with Gasteiger partial charge in [0.25, 0.3) is 0 Å². The Balaban J connectivity index is 3.49. The van der Waals surface area contributed by atoms with Crippen LogP contribution in [0.1, 0.15) is 20.3 Å². The molecule has 0 aliphatic rings. The third-order valence-electron chi connectivity index (χ3n) is 1.33. The van der Waals surface area contributed by atoms with Crippen LogP contribution in [0.3, 0.4) is 0 Å². The van der Waals surface area contributed by atoms with Crippen molar-refractivity contribution in [3.8, 4) is 0 Å². The third-order valence-corrected chi connectivity index (χ3v) is 2.19. The first-order valence-corrected chi connectivity index (χ1v) is 5.98. The van der Waals surface area contributed by atoms with Crippen molar-refractivity contribution < 1.29 is 9.00 Å². The Morgan fingerprint density at radius 2 is 2.08 bits per heavy atom. The molecule has 1 N–H and O–H groups in total. The highest BCUT2D eigenvalue weighted by molar-refractivity contribution is 7.84. The Bertz CT molecular complexity index is 220. The van der Waals surface area contributed by atoms with Crippen LogP contribution >= 0.6 is 0 Å². The summed E-state index contributed by atoms with van der Waals surface area (Å²) < 4.78 is 10.7. The molecule has 76 valence electrons. The number of carbonyl (C=O) groups is 1. The topological polar surface area (TPSA) is 46.2 Å². The highest BCUT2D eigenvalue weighted by Crippen LogP contribution is 1.87. The van der Waals surface area contributed by atoms with E-state index in [-0.39, 0.29) is 5.91 Å². The molecule has 0 rings (SSSR count). The fraction of sp³-hybridized carbons (Fsp3) is 0.667. The minimum absolute atomic E-state index is 0.0677. The molecule has 0 aromatic carbocycles. The van der Waals surface area contributed by atoms with E-state index in [0.717, 1.165) is 12.0 Å². The fourth-order valence-electron chi connectivity index (χ4n) is 0.800. The van der Waals surface area contributed by atoms with Gasteiger partial charge in [0.1, 0.15) is 0 Å². The summed E-state index contributed by atoms with van der Waals surface area (Å²) in [5.41, 5.74) is 0.983. The molecule has 3 nitrogen and oxygen atoms in total. The SMILES string of the molecule is CC(C)=CC(=O)NCCCS(C)=O. The van der Waals surface area contributed by atoms with E-state index >= 15 is 0 Å². The molecule has 0 saturated carbocycles. The van der Waals surface area contributed by atoms with Crippen LogP contribution in [-0.4, -0.2) is 28.7 Å². The molecule has 13 heavy (non-hydrogen) atoms. The van der Waals surface area contributed by atoms with Gasteiger partial charge >= 0.3 is 0 Å². The normalized spacial score (nSPS) is 11.9. The van der Waals surface area contributed by atoms with Gasteiger partial charge in [-0.25, -0.2) is 0 Å². The number of allylic oxidation sites excluding steroid dienone is 1. The summed E-state index contributed by atoms with van der Waals surface area (Å²) >= 11 is 0. The Morgan fingerprint density at radius 1 is 1.46 bits per heavy atom. The largest absolute Gasteiger partial charge is 0.353 e. The van der Waals surface area contributed by atoms with Crippen molar-refractivity contribution in [3.05, 3.63) is 11.6 Å². The Morgan fingerprint density at radius 3 is 2.54 bits per heavy atom. The standard InChI is InChI=1S/C9H17NO2S/c1-8(2)7-9(11)10-5-4-6-13(3)12/h7H,4-6H2,1-3H3,(H,10,11). The molecule has 0 radical (unpaired) electrons. The van der Waals surface area contributed by atoms with Gasteiger partial charge in [-0.15, -0.1) is 0 Å². The highest BCUT2D eigenvalue weighted by Gasteiger charge is 1.95. The first kappa shape index (κ1) is 12.4. The maximum Gasteiger partial charge on any atom is 0.243 e. The number of hydrogen-bond donors (Lipinski definition) is 1. The van der Waals surface area contributed by atoms with Crippen LogP contribution < -0.4 is 5.32 Å². The second-order valence-corrected chi connectivity index (χ2v) is 4.70. The summed E-state index contributed by atoms with van der Waals surface area (Å²) in [6, 6.07) is 0. The van der Waals surface area contributed by atoms with Crippen molar-refractivity contribution in [1.29, 1.82) is 0 Å². The van der Waals surface area contributed by atoms with Gasteiger partial charge in [-0.05, 0) is 20.3 Å². The zero-order valence-corrected chi connectivity index (χ0v) is 9.24. The molecule has 0 aromatic rings. The maximum atomic E-state index is 11.0. The molecule has 0 fully saturated rings. The van der Waals surface area contributed by atoms with Gasteiger partial charge in [0.05, 0.1) is 0 Å². The quantitative estimate of drug-likeness (QED) is 0.531. The smallest absolute Gasteiger partial charge is 0.243 e. The Kier molecular flexibility index (Phi) is 6.49. The summed E-state index contributed by atoms with van der Waals surface area (Å²) in [6.45, 7) is 4.35. The lowest BCUT2D eigenvalue weighted by Crippen LogP contribution is -2.23. The van der Waals surface area contributed by atoms with Crippen LogP contribution in [-0.2, 0) is 15.6 Å². The van der Waals surface area contributed by atoms with Crippen LogP contribution in [0.4, 0.5) is 0 Å². The van der Waals surface area contributed by atoms with Crippen molar-refractivity contribution in [2.45, 2.75) is 20.3 Å². The summed E-state index contributed by atoms with van der Waals surface area (Å²) in [7, 11) is -0.758. The first-order chi connectivity index (χ1) is 6.02. The Labute approximate surface area is 82.1 Å². The number of nitrogens with one attached hydrogen (secondary N) is 1. The molecule has 0 aliphatic carbocycles. The lowest BCUT2D eigenvalue weighted by Gasteiger charge is -2.00. The summed E-state index contributed by atoms with van der Waals surface area (Å²) in [5, 5.41) is 2.72. The van der Waals surface area contributed by atoms with E-state index in [4.69, 9.17) is 0 Å². The molecular weight excluding hydrogens is 186 g/mol. The average molecular weight is 203 g/mol. The lowest BCUT2D eigenvalue weighted by molar-refractivity contribution is -0.116. The van der Waals surface area contributed by atoms with Crippen molar-refractivity contribution in [3.63, 3.8) is 0 Å². The van der Waals surface area contributed by atoms with Crippen molar-refractivity contribution in [1.82, 2.24) is 5.32 Å². The van der Waals surface area contributed by atoms with Gasteiger partial charge in [0, 0.05) is 35.4 Å². The summed E-state index contributed by atoms with van der Waals surface area (Å²) in [5.74, 6) is 0.580. The second-order valence-electron chi connectivity index (χ2n) is 3.14. The van der Waals surface area contributed by atoms with E-state index in [1.807, 2.05) is 13.8 Å². The zero-order valence-electron chi connectivity index (χ0n) is 8.42. The fourth-order valence-corrected chi connectivity index (χ4v) is 1.35. The van der Waals surface area contributed by atoms with Gasteiger partial charge < -0.3 is 5.32 Å². The van der Waals surface area contributed by atoms with Gasteiger partial charge in [-0.1, -0.05) is 5.57 Å². The van der Waals surface area contributed by atoms with Crippen LogP contribution in [0.5, 0.6) is 0 Å². The van der Waals surface area contributed by atoms with Gasteiger partial charge in [0.15, 0.2) is 0 Å². The minimum atomic E-state index is -0.758. The molecule has 4 heteroatoms. The van der Waals surface area contributed by atoms with Crippen molar-refractivity contribution in [2.24, 2.45) is 0 Å². The van der Waals surface area contributed by atoms with Crippen molar-refractivity contribution in [2.75, 3.05) is 18.6 Å². The van der Waals surface area contributed by atoms with E-state index in [9.17, 15) is 9.00 Å².